The van der Waals surface area contributed by atoms with E-state index in [1.54, 1.807) is 10.8 Å². The van der Waals surface area contributed by atoms with Crippen molar-refractivity contribution in [2.24, 2.45) is 5.41 Å². The number of rotatable bonds is 7. The third kappa shape index (κ3) is 6.26. The van der Waals surface area contributed by atoms with Gasteiger partial charge < -0.3 is 9.88 Å². The normalized spacial score (nSPS) is 16.5. The zero-order valence-electron chi connectivity index (χ0n) is 17.9. The van der Waals surface area contributed by atoms with Gasteiger partial charge in [0.2, 0.25) is 5.16 Å². The molecule has 1 saturated heterocycles. The summed E-state index contributed by atoms with van der Waals surface area (Å²) < 4.78 is 2.54. The molecule has 2 heterocycles. The van der Waals surface area contributed by atoms with Crippen LogP contribution in [0.4, 0.5) is 0 Å². The van der Waals surface area contributed by atoms with E-state index in [2.05, 4.69) is 85.0 Å². The molecule has 1 aliphatic heterocycles. The van der Waals surface area contributed by atoms with Crippen molar-refractivity contribution in [1.82, 2.24) is 20.1 Å². The lowest BCUT2D eigenvalue weighted by Crippen LogP contribution is -2.28. The van der Waals surface area contributed by atoms with Gasteiger partial charge in [0.05, 0.1) is 6.54 Å². The van der Waals surface area contributed by atoms with Crippen molar-refractivity contribution in [3.63, 3.8) is 0 Å². The van der Waals surface area contributed by atoms with E-state index in [-0.39, 0.29) is 4.75 Å². The molecular weight excluding hydrogens is 384 g/mol. The minimum absolute atomic E-state index is 0.182. The van der Waals surface area contributed by atoms with Gasteiger partial charge in [0, 0.05) is 10.7 Å². The Morgan fingerprint density at radius 2 is 1.71 bits per heavy atom. The minimum atomic E-state index is 0.182. The lowest BCUT2D eigenvalue weighted by Gasteiger charge is -2.31. The number of piperidine rings is 1. The molecule has 0 saturated carbocycles. The highest BCUT2D eigenvalue weighted by Gasteiger charge is 2.29. The van der Waals surface area contributed by atoms with Crippen LogP contribution in [0.2, 0.25) is 0 Å². The first-order chi connectivity index (χ1) is 13.2. The average molecular weight is 419 g/mol. The summed E-state index contributed by atoms with van der Waals surface area (Å²) >= 11 is 0. The Morgan fingerprint density at radius 3 is 2.36 bits per heavy atom. The van der Waals surface area contributed by atoms with E-state index >= 15 is 0 Å². The quantitative estimate of drug-likeness (QED) is 0.580. The molecule has 4 nitrogen and oxygen atoms in total. The third-order valence-electron chi connectivity index (χ3n) is 4.93. The van der Waals surface area contributed by atoms with E-state index in [0.717, 1.165) is 49.9 Å². The molecule has 0 unspecified atom stereocenters. The second-order valence-corrected chi connectivity index (χ2v) is 12.4. The summed E-state index contributed by atoms with van der Waals surface area (Å²) in [5.41, 5.74) is 1.62. The van der Waals surface area contributed by atoms with Crippen LogP contribution in [0.1, 0.15) is 71.2 Å². The number of hydrogen-bond donors (Lipinski definition) is 1. The SMILES string of the molecule is CC(C)(C)CC(C)(C)SSc1nnc(C2CCNCC2)n1Cc1ccccc1. The van der Waals surface area contributed by atoms with E-state index in [1.165, 1.54) is 5.56 Å². The molecule has 1 aromatic carbocycles. The molecule has 0 bridgehead atoms. The van der Waals surface area contributed by atoms with Gasteiger partial charge in [-0.3, -0.25) is 0 Å². The van der Waals surface area contributed by atoms with Crippen LogP contribution in [0.3, 0.4) is 0 Å². The largest absolute Gasteiger partial charge is 0.317 e. The Bertz CT molecular complexity index is 744. The molecule has 1 aromatic heterocycles. The van der Waals surface area contributed by atoms with E-state index in [9.17, 15) is 0 Å². The Balaban J connectivity index is 1.80. The van der Waals surface area contributed by atoms with Crippen LogP contribution in [0.5, 0.6) is 0 Å². The summed E-state index contributed by atoms with van der Waals surface area (Å²) in [6, 6.07) is 10.7. The predicted molar refractivity (Wildman–Crippen MR) is 122 cm³/mol. The van der Waals surface area contributed by atoms with Crippen molar-refractivity contribution in [3.05, 3.63) is 41.7 Å². The molecule has 0 radical (unpaired) electrons. The van der Waals surface area contributed by atoms with Crippen LogP contribution < -0.4 is 5.32 Å². The lowest BCUT2D eigenvalue weighted by atomic mass is 9.86. The van der Waals surface area contributed by atoms with Crippen LogP contribution in [0, 0.1) is 5.41 Å². The van der Waals surface area contributed by atoms with Gasteiger partial charge >= 0.3 is 0 Å². The summed E-state index contributed by atoms with van der Waals surface area (Å²) in [5, 5.41) is 13.8. The number of hydrogen-bond acceptors (Lipinski definition) is 5. The number of nitrogens with zero attached hydrogens (tertiary/aromatic N) is 3. The monoisotopic (exact) mass is 418 g/mol. The van der Waals surface area contributed by atoms with Crippen molar-refractivity contribution in [2.45, 2.75) is 76.2 Å². The first-order valence-corrected chi connectivity index (χ1v) is 12.4. The van der Waals surface area contributed by atoms with Gasteiger partial charge in [0.15, 0.2) is 0 Å². The fraction of sp³-hybridized carbons (Fsp3) is 0.636. The first-order valence-electron chi connectivity index (χ1n) is 10.3. The number of nitrogens with one attached hydrogen (secondary N) is 1. The Morgan fingerprint density at radius 1 is 1.04 bits per heavy atom. The van der Waals surface area contributed by atoms with Crippen LogP contribution in [-0.4, -0.2) is 32.6 Å². The van der Waals surface area contributed by atoms with Crippen molar-refractivity contribution in [2.75, 3.05) is 13.1 Å². The Kier molecular flexibility index (Phi) is 7.16. The predicted octanol–water partition coefficient (Wildman–Crippen LogP) is 5.75. The molecule has 0 aliphatic carbocycles. The molecule has 1 fully saturated rings. The van der Waals surface area contributed by atoms with Gasteiger partial charge in [-0.15, -0.1) is 10.2 Å². The topological polar surface area (TPSA) is 42.7 Å². The summed E-state index contributed by atoms with van der Waals surface area (Å²) in [5.74, 6) is 1.65. The molecule has 28 heavy (non-hydrogen) atoms. The maximum atomic E-state index is 4.66. The summed E-state index contributed by atoms with van der Waals surface area (Å²) in [7, 11) is 3.71. The molecule has 3 rings (SSSR count). The Hall–Kier alpha value is -0.980. The maximum Gasteiger partial charge on any atom is 0.202 e. The van der Waals surface area contributed by atoms with Gasteiger partial charge in [-0.05, 0) is 68.0 Å². The van der Waals surface area contributed by atoms with Gasteiger partial charge in [-0.1, -0.05) is 61.9 Å². The second-order valence-electron chi connectivity index (χ2n) is 9.60. The van der Waals surface area contributed by atoms with Gasteiger partial charge in [-0.2, -0.15) is 0 Å². The number of benzene rings is 1. The molecule has 6 heteroatoms. The fourth-order valence-electron chi connectivity index (χ4n) is 4.12. The molecule has 0 spiro atoms. The highest BCUT2D eigenvalue weighted by atomic mass is 33.1. The van der Waals surface area contributed by atoms with Crippen molar-refractivity contribution in [1.29, 1.82) is 0 Å². The molecule has 1 aliphatic rings. The van der Waals surface area contributed by atoms with Crippen molar-refractivity contribution < 1.29 is 0 Å². The minimum Gasteiger partial charge on any atom is -0.317 e. The summed E-state index contributed by atoms with van der Waals surface area (Å²) in [6.45, 7) is 14.6. The van der Waals surface area contributed by atoms with Crippen LogP contribution in [0.25, 0.3) is 0 Å². The highest BCUT2D eigenvalue weighted by Crippen LogP contribution is 2.46. The molecule has 1 N–H and O–H groups in total. The smallest absolute Gasteiger partial charge is 0.202 e. The zero-order chi connectivity index (χ0) is 20.2. The van der Waals surface area contributed by atoms with E-state index in [0.29, 0.717) is 11.3 Å². The van der Waals surface area contributed by atoms with Gasteiger partial charge in [0.25, 0.3) is 0 Å². The molecule has 154 valence electrons. The van der Waals surface area contributed by atoms with Crippen molar-refractivity contribution >= 4 is 21.6 Å². The second kappa shape index (κ2) is 9.23. The van der Waals surface area contributed by atoms with E-state index < -0.39 is 0 Å². The van der Waals surface area contributed by atoms with Crippen LogP contribution in [-0.2, 0) is 6.54 Å². The number of aromatic nitrogens is 3. The third-order valence-corrected chi connectivity index (χ3v) is 8.11. The maximum absolute atomic E-state index is 4.66. The Labute approximate surface area is 178 Å². The van der Waals surface area contributed by atoms with Crippen LogP contribution >= 0.6 is 21.6 Å². The lowest BCUT2D eigenvalue weighted by molar-refractivity contribution is 0.340. The van der Waals surface area contributed by atoms with Gasteiger partial charge in [0.1, 0.15) is 5.82 Å². The van der Waals surface area contributed by atoms with Crippen LogP contribution in [0.15, 0.2) is 35.5 Å². The molecule has 2 aromatic rings. The van der Waals surface area contributed by atoms with E-state index in [4.69, 9.17) is 0 Å². The summed E-state index contributed by atoms with van der Waals surface area (Å²) in [4.78, 5) is 0. The highest BCUT2D eigenvalue weighted by molar-refractivity contribution is 8.77. The molecule has 0 atom stereocenters. The standard InChI is InChI=1S/C22H34N4S2/c1-21(2,3)16-22(4,5)28-27-20-25-24-19(18-11-13-23-14-12-18)26(20)15-17-9-7-6-8-10-17/h6-10,18,23H,11-16H2,1-5H3. The average Bonchev–Trinajstić information content (AvgIpc) is 3.02. The van der Waals surface area contributed by atoms with E-state index in [1.807, 2.05) is 10.8 Å². The van der Waals surface area contributed by atoms with Gasteiger partial charge in [-0.25, -0.2) is 0 Å². The molecular formula is C22H34N4S2. The van der Waals surface area contributed by atoms with Crippen molar-refractivity contribution in [3.8, 4) is 0 Å². The zero-order valence-corrected chi connectivity index (χ0v) is 19.5. The molecule has 0 amide bonds. The first kappa shape index (κ1) is 21.7. The fourth-order valence-corrected chi connectivity index (χ4v) is 6.68. The summed E-state index contributed by atoms with van der Waals surface area (Å²) in [6.07, 6.45) is 3.44.